The van der Waals surface area contributed by atoms with Crippen molar-refractivity contribution in [3.63, 3.8) is 0 Å². The molecule has 0 aliphatic carbocycles. The van der Waals surface area contributed by atoms with Crippen molar-refractivity contribution in [2.45, 2.75) is 0 Å². The van der Waals surface area contributed by atoms with Gasteiger partial charge in [-0.05, 0) is 40.2 Å². The first-order valence-corrected chi connectivity index (χ1v) is 6.92. The monoisotopic (exact) mass is 348 g/mol. The van der Waals surface area contributed by atoms with Gasteiger partial charge in [-0.2, -0.15) is 0 Å². The molecular formula is C15H10BrFN2O2. The summed E-state index contributed by atoms with van der Waals surface area (Å²) in [4.78, 5) is 19.1. The Morgan fingerprint density at radius 3 is 2.76 bits per heavy atom. The number of rotatable bonds is 2. The number of H-pyrrole nitrogens is 1. The predicted octanol–water partition coefficient (Wildman–Crippen LogP) is 3.50. The lowest BCUT2D eigenvalue weighted by atomic mass is 10.1. The Hall–Kier alpha value is -2.21. The zero-order chi connectivity index (χ0) is 15.0. The summed E-state index contributed by atoms with van der Waals surface area (Å²) in [7, 11) is 1.39. The molecule has 106 valence electrons. The number of hydrogen-bond donors (Lipinski definition) is 1. The molecule has 2 aromatic carbocycles. The van der Waals surface area contributed by atoms with Crippen LogP contribution in [0.4, 0.5) is 4.39 Å². The third-order valence-corrected chi connectivity index (χ3v) is 3.68. The van der Waals surface area contributed by atoms with Crippen LogP contribution in [0, 0.1) is 5.82 Å². The molecule has 0 saturated carbocycles. The number of para-hydroxylation sites is 1. The molecule has 3 aromatic rings. The number of methoxy groups -OCH3 is 1. The molecule has 21 heavy (non-hydrogen) atoms. The number of halogens is 2. The second-order valence-corrected chi connectivity index (χ2v) is 5.26. The average Bonchev–Trinajstić information content (AvgIpc) is 2.47. The lowest BCUT2D eigenvalue weighted by Gasteiger charge is -2.08. The van der Waals surface area contributed by atoms with Crippen LogP contribution in [0.3, 0.4) is 0 Å². The molecule has 0 amide bonds. The summed E-state index contributed by atoms with van der Waals surface area (Å²) in [5, 5.41) is 0.495. The summed E-state index contributed by atoms with van der Waals surface area (Å²) in [6.45, 7) is 0. The molecule has 0 bridgehead atoms. The molecule has 1 aromatic heterocycles. The Balaban J connectivity index is 2.23. The summed E-state index contributed by atoms with van der Waals surface area (Å²) in [5.74, 6) is -0.111. The van der Waals surface area contributed by atoms with Crippen LogP contribution >= 0.6 is 15.9 Å². The molecule has 1 heterocycles. The highest BCUT2D eigenvalue weighted by Gasteiger charge is 2.13. The van der Waals surface area contributed by atoms with Gasteiger partial charge in [-0.25, -0.2) is 9.37 Å². The van der Waals surface area contributed by atoms with Crippen LogP contribution in [0.2, 0.25) is 0 Å². The first-order valence-electron chi connectivity index (χ1n) is 6.12. The van der Waals surface area contributed by atoms with Crippen molar-refractivity contribution in [1.82, 2.24) is 9.97 Å². The predicted molar refractivity (Wildman–Crippen MR) is 82.0 cm³/mol. The maximum absolute atomic E-state index is 13.9. The molecule has 0 fully saturated rings. The summed E-state index contributed by atoms with van der Waals surface area (Å²) in [5.41, 5.74) is 0.759. The summed E-state index contributed by atoms with van der Waals surface area (Å²) >= 11 is 3.24. The van der Waals surface area contributed by atoms with Gasteiger partial charge in [0.2, 0.25) is 0 Å². The maximum atomic E-state index is 13.9. The van der Waals surface area contributed by atoms with Gasteiger partial charge in [0, 0.05) is 5.56 Å². The van der Waals surface area contributed by atoms with Crippen molar-refractivity contribution < 1.29 is 9.13 Å². The van der Waals surface area contributed by atoms with Gasteiger partial charge in [0.15, 0.2) is 11.6 Å². The number of nitrogens with zero attached hydrogens (tertiary/aromatic N) is 1. The average molecular weight is 349 g/mol. The lowest BCUT2D eigenvalue weighted by Crippen LogP contribution is -2.09. The second-order valence-electron chi connectivity index (χ2n) is 4.40. The third-order valence-electron chi connectivity index (χ3n) is 3.09. The van der Waals surface area contributed by atoms with Gasteiger partial charge in [0.05, 0.1) is 22.5 Å². The highest BCUT2D eigenvalue weighted by molar-refractivity contribution is 9.10. The fourth-order valence-corrected chi connectivity index (χ4v) is 2.71. The number of hydrogen-bond acceptors (Lipinski definition) is 3. The fourth-order valence-electron chi connectivity index (χ4n) is 2.11. The number of ether oxygens (including phenoxy) is 1. The Morgan fingerprint density at radius 2 is 2.05 bits per heavy atom. The molecule has 6 heteroatoms. The molecule has 0 saturated heterocycles. The summed E-state index contributed by atoms with van der Waals surface area (Å²) in [6, 6.07) is 9.91. The van der Waals surface area contributed by atoms with Crippen molar-refractivity contribution in [2.75, 3.05) is 7.11 Å². The molecule has 3 rings (SSSR count). The molecule has 1 N–H and O–H groups in total. The first-order chi connectivity index (χ1) is 10.1. The number of aromatic nitrogens is 2. The molecular weight excluding hydrogens is 339 g/mol. The van der Waals surface area contributed by atoms with Crippen LogP contribution in [-0.4, -0.2) is 17.1 Å². The zero-order valence-corrected chi connectivity index (χ0v) is 12.6. The Labute approximate surface area is 127 Å². The van der Waals surface area contributed by atoms with E-state index in [0.717, 1.165) is 0 Å². The van der Waals surface area contributed by atoms with E-state index in [-0.39, 0.29) is 11.3 Å². The van der Waals surface area contributed by atoms with Gasteiger partial charge in [0.1, 0.15) is 5.82 Å². The highest BCUT2D eigenvalue weighted by atomic mass is 79.9. The van der Waals surface area contributed by atoms with E-state index in [4.69, 9.17) is 4.74 Å². The minimum absolute atomic E-state index is 0.113. The number of nitrogens with one attached hydrogen (secondary N) is 1. The van der Waals surface area contributed by atoms with Crippen LogP contribution in [0.1, 0.15) is 0 Å². The summed E-state index contributed by atoms with van der Waals surface area (Å²) in [6.07, 6.45) is 0. The minimum Gasteiger partial charge on any atom is -0.492 e. The van der Waals surface area contributed by atoms with Crippen LogP contribution < -0.4 is 10.3 Å². The van der Waals surface area contributed by atoms with Crippen LogP contribution in [0.25, 0.3) is 22.3 Å². The minimum atomic E-state index is -0.530. The normalized spacial score (nSPS) is 10.8. The zero-order valence-electron chi connectivity index (χ0n) is 11.0. The molecule has 0 radical (unpaired) electrons. The van der Waals surface area contributed by atoms with E-state index >= 15 is 0 Å². The van der Waals surface area contributed by atoms with Crippen LogP contribution in [0.5, 0.6) is 5.75 Å². The molecule has 0 aliphatic rings. The van der Waals surface area contributed by atoms with Gasteiger partial charge in [0.25, 0.3) is 5.56 Å². The third kappa shape index (κ3) is 2.42. The smallest absolute Gasteiger partial charge is 0.259 e. The highest BCUT2D eigenvalue weighted by Crippen LogP contribution is 2.32. The topological polar surface area (TPSA) is 55.0 Å². The van der Waals surface area contributed by atoms with E-state index in [0.29, 0.717) is 26.8 Å². The van der Waals surface area contributed by atoms with Crippen molar-refractivity contribution in [2.24, 2.45) is 0 Å². The van der Waals surface area contributed by atoms with Crippen molar-refractivity contribution in [1.29, 1.82) is 0 Å². The Bertz CT molecular complexity index is 869. The molecule has 0 atom stereocenters. The van der Waals surface area contributed by atoms with Crippen molar-refractivity contribution in [3.05, 3.63) is 57.0 Å². The largest absolute Gasteiger partial charge is 0.492 e. The Morgan fingerprint density at radius 1 is 1.29 bits per heavy atom. The van der Waals surface area contributed by atoms with Gasteiger partial charge in [-0.1, -0.05) is 12.1 Å². The van der Waals surface area contributed by atoms with Crippen LogP contribution in [0.15, 0.2) is 45.7 Å². The Kier molecular flexibility index (Phi) is 3.47. The van der Waals surface area contributed by atoms with Crippen LogP contribution in [-0.2, 0) is 0 Å². The molecule has 0 aliphatic heterocycles. The van der Waals surface area contributed by atoms with E-state index < -0.39 is 5.82 Å². The molecule has 4 nitrogen and oxygen atoms in total. The van der Waals surface area contributed by atoms with Gasteiger partial charge in [-0.15, -0.1) is 0 Å². The maximum Gasteiger partial charge on any atom is 0.259 e. The number of benzene rings is 2. The lowest BCUT2D eigenvalue weighted by molar-refractivity contribution is 0.384. The van der Waals surface area contributed by atoms with E-state index in [1.165, 1.54) is 13.2 Å². The SMILES string of the molecule is COc1c(F)cc(-c2nc3ccccc3c(=O)[nH]2)cc1Br. The van der Waals surface area contributed by atoms with E-state index in [9.17, 15) is 9.18 Å². The van der Waals surface area contributed by atoms with E-state index in [1.54, 1.807) is 30.3 Å². The van der Waals surface area contributed by atoms with Gasteiger partial charge in [-0.3, -0.25) is 4.79 Å². The van der Waals surface area contributed by atoms with Gasteiger partial charge >= 0.3 is 0 Å². The molecule has 0 spiro atoms. The first kappa shape index (κ1) is 13.8. The van der Waals surface area contributed by atoms with Crippen molar-refractivity contribution in [3.8, 4) is 17.1 Å². The standard InChI is InChI=1S/C15H10BrFN2O2/c1-21-13-10(16)6-8(7-11(13)17)14-18-12-5-3-2-4-9(12)15(20)19-14/h2-7H,1H3,(H,18,19,20). The second kappa shape index (κ2) is 5.29. The number of aromatic amines is 1. The summed E-state index contributed by atoms with van der Waals surface area (Å²) < 4.78 is 19.3. The van der Waals surface area contributed by atoms with E-state index in [1.807, 2.05) is 0 Å². The quantitative estimate of drug-likeness (QED) is 0.771. The van der Waals surface area contributed by atoms with Crippen molar-refractivity contribution >= 4 is 26.8 Å². The molecule has 0 unspecified atom stereocenters. The van der Waals surface area contributed by atoms with E-state index in [2.05, 4.69) is 25.9 Å². The van der Waals surface area contributed by atoms with Gasteiger partial charge < -0.3 is 9.72 Å². The fraction of sp³-hybridized carbons (Fsp3) is 0.0667. The number of fused-ring (bicyclic) bond motifs is 1.